The predicted molar refractivity (Wildman–Crippen MR) is 88.4 cm³/mol. The highest BCUT2D eigenvalue weighted by atomic mass is 35.5. The van der Waals surface area contributed by atoms with Crippen molar-refractivity contribution in [3.63, 3.8) is 0 Å². The molecule has 2 aromatic rings. The van der Waals surface area contributed by atoms with Crippen molar-refractivity contribution in [2.75, 3.05) is 0 Å². The van der Waals surface area contributed by atoms with Crippen molar-refractivity contribution < 1.29 is 19.1 Å². The molecule has 0 unspecified atom stereocenters. The van der Waals surface area contributed by atoms with E-state index in [0.717, 1.165) is 0 Å². The fourth-order valence-electron chi connectivity index (χ4n) is 1.76. The molecule has 0 saturated carbocycles. The number of halogens is 2. The molecule has 0 radical (unpaired) electrons. The molecule has 0 aliphatic carbocycles. The van der Waals surface area contributed by atoms with E-state index in [4.69, 9.17) is 32.7 Å². The third kappa shape index (κ3) is 4.71. The van der Waals surface area contributed by atoms with Gasteiger partial charge in [0, 0.05) is 5.02 Å². The first-order chi connectivity index (χ1) is 10.9. The molecule has 0 aliphatic rings. The van der Waals surface area contributed by atoms with Gasteiger partial charge in [-0.15, -0.1) is 0 Å². The van der Waals surface area contributed by atoms with E-state index >= 15 is 0 Å². The van der Waals surface area contributed by atoms with Crippen LogP contribution >= 0.6 is 23.2 Å². The van der Waals surface area contributed by atoms with Gasteiger partial charge in [-0.05, 0) is 56.3 Å². The van der Waals surface area contributed by atoms with Crippen molar-refractivity contribution in [2.24, 2.45) is 0 Å². The molecule has 0 amide bonds. The van der Waals surface area contributed by atoms with Crippen molar-refractivity contribution in [3.8, 4) is 5.75 Å². The average Bonchev–Trinajstić information content (AvgIpc) is 2.47. The van der Waals surface area contributed by atoms with Gasteiger partial charge in [-0.2, -0.15) is 0 Å². The minimum atomic E-state index is -0.607. The summed E-state index contributed by atoms with van der Waals surface area (Å²) in [5.74, 6) is -0.745. The van der Waals surface area contributed by atoms with Crippen LogP contribution in [0.1, 0.15) is 34.6 Å². The summed E-state index contributed by atoms with van der Waals surface area (Å²) in [5, 5.41) is 0.638. The molecule has 0 spiro atoms. The molecule has 2 aromatic carbocycles. The summed E-state index contributed by atoms with van der Waals surface area (Å²) < 4.78 is 10.3. The zero-order valence-electron chi connectivity index (χ0n) is 12.5. The molecule has 0 bridgehead atoms. The van der Waals surface area contributed by atoms with Gasteiger partial charge in [-0.3, -0.25) is 0 Å². The Bertz CT molecular complexity index is 724. The van der Waals surface area contributed by atoms with Gasteiger partial charge in [0.25, 0.3) is 0 Å². The van der Waals surface area contributed by atoms with Gasteiger partial charge in [-0.25, -0.2) is 9.59 Å². The van der Waals surface area contributed by atoms with Gasteiger partial charge in [0.05, 0.1) is 22.3 Å². The smallest absolute Gasteiger partial charge is 0.345 e. The zero-order valence-corrected chi connectivity index (χ0v) is 14.0. The number of benzene rings is 2. The van der Waals surface area contributed by atoms with Crippen molar-refractivity contribution >= 4 is 35.1 Å². The molecule has 4 nitrogen and oxygen atoms in total. The third-order valence-electron chi connectivity index (χ3n) is 2.79. The first-order valence-corrected chi connectivity index (χ1v) is 7.60. The number of hydrogen-bond donors (Lipinski definition) is 0. The predicted octanol–water partition coefficient (Wildman–Crippen LogP) is 4.78. The van der Waals surface area contributed by atoms with Crippen molar-refractivity contribution in [1.82, 2.24) is 0 Å². The van der Waals surface area contributed by atoms with Crippen LogP contribution in [0.5, 0.6) is 5.75 Å². The molecule has 0 saturated heterocycles. The summed E-state index contributed by atoms with van der Waals surface area (Å²) in [7, 11) is 0. The number of ether oxygens (including phenoxy) is 2. The van der Waals surface area contributed by atoms with E-state index in [1.54, 1.807) is 19.9 Å². The van der Waals surface area contributed by atoms with E-state index in [9.17, 15) is 9.59 Å². The van der Waals surface area contributed by atoms with Gasteiger partial charge < -0.3 is 9.47 Å². The Labute approximate surface area is 143 Å². The monoisotopic (exact) mass is 352 g/mol. The third-order valence-corrected chi connectivity index (χ3v) is 3.34. The molecule has 23 heavy (non-hydrogen) atoms. The maximum atomic E-state index is 12.1. The molecule has 120 valence electrons. The largest absolute Gasteiger partial charge is 0.459 e. The highest BCUT2D eigenvalue weighted by Gasteiger charge is 2.14. The fourth-order valence-corrected chi connectivity index (χ4v) is 2.24. The van der Waals surface area contributed by atoms with Gasteiger partial charge in [0.15, 0.2) is 0 Å². The maximum Gasteiger partial charge on any atom is 0.345 e. The van der Waals surface area contributed by atoms with Crippen LogP contribution in [0.25, 0.3) is 0 Å². The molecule has 0 heterocycles. The lowest BCUT2D eigenvalue weighted by Gasteiger charge is -2.09. The highest BCUT2D eigenvalue weighted by molar-refractivity contribution is 6.36. The number of carbonyl (C=O) groups is 2. The van der Waals surface area contributed by atoms with Crippen LogP contribution in [-0.4, -0.2) is 18.0 Å². The lowest BCUT2D eigenvalue weighted by Crippen LogP contribution is -2.12. The van der Waals surface area contributed by atoms with Crippen LogP contribution in [0.2, 0.25) is 10.0 Å². The molecule has 0 N–H and O–H groups in total. The Morgan fingerprint density at radius 1 is 0.957 bits per heavy atom. The lowest BCUT2D eigenvalue weighted by atomic mass is 10.2. The molecule has 0 fully saturated rings. The zero-order chi connectivity index (χ0) is 17.0. The minimum absolute atomic E-state index is 0.202. The van der Waals surface area contributed by atoms with Crippen molar-refractivity contribution in [1.29, 1.82) is 0 Å². The molecule has 2 rings (SSSR count). The fraction of sp³-hybridized carbons (Fsp3) is 0.176. The summed E-state index contributed by atoms with van der Waals surface area (Å²) in [5.41, 5.74) is 0.586. The number of carbonyl (C=O) groups excluding carboxylic acids is 2. The summed E-state index contributed by atoms with van der Waals surface area (Å²) in [4.78, 5) is 23.8. The second-order valence-corrected chi connectivity index (χ2v) is 5.84. The summed E-state index contributed by atoms with van der Waals surface area (Å²) >= 11 is 11.7. The molecule has 0 aromatic heterocycles. The van der Waals surface area contributed by atoms with Gasteiger partial charge in [-0.1, -0.05) is 23.2 Å². The van der Waals surface area contributed by atoms with Gasteiger partial charge in [0.2, 0.25) is 0 Å². The molecular formula is C17H14Cl2O4. The second kappa shape index (κ2) is 7.49. The Morgan fingerprint density at radius 3 is 2.17 bits per heavy atom. The average molecular weight is 353 g/mol. The van der Waals surface area contributed by atoms with E-state index in [1.165, 1.54) is 36.4 Å². The van der Waals surface area contributed by atoms with Crippen molar-refractivity contribution in [3.05, 3.63) is 63.6 Å². The summed E-state index contributed by atoms with van der Waals surface area (Å²) in [6, 6.07) is 10.6. The number of rotatable bonds is 4. The normalized spacial score (nSPS) is 10.5. The van der Waals surface area contributed by atoms with Crippen LogP contribution in [0, 0.1) is 0 Å². The Kier molecular flexibility index (Phi) is 5.64. The standard InChI is InChI=1S/C17H14Cl2O4/c1-10(2)22-16(20)11-3-6-13(7-4-11)23-17(21)14-8-5-12(18)9-15(14)19/h3-10H,1-2H3. The SMILES string of the molecule is CC(C)OC(=O)c1ccc(OC(=O)c2ccc(Cl)cc2Cl)cc1. The van der Waals surface area contributed by atoms with E-state index in [1.807, 2.05) is 0 Å². The summed E-state index contributed by atoms with van der Waals surface area (Å²) in [6.45, 7) is 3.54. The number of esters is 2. The molecule has 6 heteroatoms. The Balaban J connectivity index is 2.08. The van der Waals surface area contributed by atoms with E-state index in [-0.39, 0.29) is 16.7 Å². The first-order valence-electron chi connectivity index (χ1n) is 6.85. The van der Waals surface area contributed by atoms with Gasteiger partial charge in [0.1, 0.15) is 5.75 Å². The first kappa shape index (κ1) is 17.3. The van der Waals surface area contributed by atoms with Crippen LogP contribution in [0.4, 0.5) is 0 Å². The second-order valence-electron chi connectivity index (χ2n) is 4.99. The van der Waals surface area contributed by atoms with Crippen LogP contribution < -0.4 is 4.74 Å². The van der Waals surface area contributed by atoms with E-state index in [0.29, 0.717) is 16.3 Å². The van der Waals surface area contributed by atoms with E-state index < -0.39 is 11.9 Å². The van der Waals surface area contributed by atoms with Crippen LogP contribution in [0.3, 0.4) is 0 Å². The summed E-state index contributed by atoms with van der Waals surface area (Å²) in [6.07, 6.45) is -0.202. The highest BCUT2D eigenvalue weighted by Crippen LogP contribution is 2.23. The lowest BCUT2D eigenvalue weighted by molar-refractivity contribution is 0.0378. The van der Waals surface area contributed by atoms with Crippen LogP contribution in [0.15, 0.2) is 42.5 Å². The van der Waals surface area contributed by atoms with E-state index in [2.05, 4.69) is 0 Å². The topological polar surface area (TPSA) is 52.6 Å². The van der Waals surface area contributed by atoms with Crippen molar-refractivity contribution in [2.45, 2.75) is 20.0 Å². The molecule has 0 atom stereocenters. The number of hydrogen-bond acceptors (Lipinski definition) is 4. The quantitative estimate of drug-likeness (QED) is 0.586. The van der Waals surface area contributed by atoms with Crippen LogP contribution in [-0.2, 0) is 4.74 Å². The minimum Gasteiger partial charge on any atom is -0.459 e. The maximum absolute atomic E-state index is 12.1. The molecular weight excluding hydrogens is 339 g/mol. The molecule has 0 aliphatic heterocycles. The Morgan fingerprint density at radius 2 is 1.61 bits per heavy atom. The Hall–Kier alpha value is -2.04. The van der Waals surface area contributed by atoms with Gasteiger partial charge >= 0.3 is 11.9 Å².